The van der Waals surface area contributed by atoms with E-state index >= 15 is 0 Å². The molecule has 7 N–H and O–H groups in total. The second-order valence-electron chi connectivity index (χ2n) is 11.7. The Morgan fingerprint density at radius 3 is 2.25 bits per heavy atom. The van der Waals surface area contributed by atoms with Crippen LogP contribution in [0.3, 0.4) is 0 Å². The summed E-state index contributed by atoms with van der Waals surface area (Å²) < 4.78 is 0. The number of amides is 3. The van der Waals surface area contributed by atoms with Crippen molar-refractivity contribution in [2.75, 3.05) is 13.1 Å². The molecule has 1 aromatic carbocycles. The van der Waals surface area contributed by atoms with Crippen LogP contribution in [0.2, 0.25) is 0 Å². The lowest BCUT2D eigenvalue weighted by molar-refractivity contribution is -0.129. The Hall–Kier alpha value is -2.49. The SMILES string of the molecule is NCCCCCC(=O)N[C@@H](Cc1ccccc1)C(=O)NCCC(=O)N[C@@H](CC1CCCCC1)[C@@H](O)[C@@H](O)C1CC1. The van der Waals surface area contributed by atoms with E-state index in [9.17, 15) is 24.6 Å². The molecule has 2 aliphatic carbocycles. The van der Waals surface area contributed by atoms with Crippen LogP contribution in [0.15, 0.2) is 30.3 Å². The average molecular weight is 559 g/mol. The largest absolute Gasteiger partial charge is 0.390 e. The number of carbonyl (C=O) groups is 3. The average Bonchev–Trinajstić information content (AvgIpc) is 3.81. The zero-order valence-electron chi connectivity index (χ0n) is 23.9. The summed E-state index contributed by atoms with van der Waals surface area (Å²) in [7, 11) is 0. The first-order valence-electron chi connectivity index (χ1n) is 15.3. The number of carbonyl (C=O) groups excluding carboxylic acids is 3. The van der Waals surface area contributed by atoms with Gasteiger partial charge in [0.25, 0.3) is 0 Å². The van der Waals surface area contributed by atoms with Crippen LogP contribution >= 0.6 is 0 Å². The highest BCUT2D eigenvalue weighted by Gasteiger charge is 2.39. The van der Waals surface area contributed by atoms with Gasteiger partial charge in [0.05, 0.1) is 12.1 Å². The molecule has 0 aliphatic heterocycles. The van der Waals surface area contributed by atoms with Crippen LogP contribution in [0.5, 0.6) is 0 Å². The van der Waals surface area contributed by atoms with Gasteiger partial charge in [-0.1, -0.05) is 68.9 Å². The van der Waals surface area contributed by atoms with Crippen molar-refractivity contribution in [3.63, 3.8) is 0 Å². The highest BCUT2D eigenvalue weighted by atomic mass is 16.3. The van der Waals surface area contributed by atoms with E-state index in [4.69, 9.17) is 5.73 Å². The van der Waals surface area contributed by atoms with Gasteiger partial charge in [0.1, 0.15) is 12.1 Å². The Morgan fingerprint density at radius 1 is 0.875 bits per heavy atom. The van der Waals surface area contributed by atoms with Gasteiger partial charge >= 0.3 is 0 Å². The monoisotopic (exact) mass is 558 g/mol. The minimum absolute atomic E-state index is 0.0459. The minimum Gasteiger partial charge on any atom is -0.390 e. The summed E-state index contributed by atoms with van der Waals surface area (Å²) in [5.74, 6) is -0.254. The highest BCUT2D eigenvalue weighted by Crippen LogP contribution is 2.36. The van der Waals surface area contributed by atoms with E-state index in [2.05, 4.69) is 16.0 Å². The van der Waals surface area contributed by atoms with Gasteiger partial charge in [-0.3, -0.25) is 14.4 Å². The molecule has 0 heterocycles. The van der Waals surface area contributed by atoms with Crippen molar-refractivity contribution in [1.29, 1.82) is 0 Å². The van der Waals surface area contributed by atoms with Crippen LogP contribution in [0.25, 0.3) is 0 Å². The maximum Gasteiger partial charge on any atom is 0.242 e. The Bertz CT molecular complexity index is 904. The van der Waals surface area contributed by atoms with Crippen LogP contribution in [-0.2, 0) is 20.8 Å². The molecule has 1 aromatic rings. The number of aliphatic hydroxyl groups excluding tert-OH is 2. The summed E-state index contributed by atoms with van der Waals surface area (Å²) in [5, 5.41) is 30.1. The smallest absolute Gasteiger partial charge is 0.242 e. The van der Waals surface area contributed by atoms with Crippen molar-refractivity contribution in [3.8, 4) is 0 Å². The molecule has 40 heavy (non-hydrogen) atoms. The van der Waals surface area contributed by atoms with Crippen molar-refractivity contribution in [3.05, 3.63) is 35.9 Å². The molecule has 224 valence electrons. The summed E-state index contributed by atoms with van der Waals surface area (Å²) in [6, 6.07) is 8.25. The fourth-order valence-electron chi connectivity index (χ4n) is 5.65. The first-order chi connectivity index (χ1) is 19.4. The third kappa shape index (κ3) is 11.6. The summed E-state index contributed by atoms with van der Waals surface area (Å²) in [4.78, 5) is 38.4. The zero-order chi connectivity index (χ0) is 28.7. The van der Waals surface area contributed by atoms with Crippen LogP contribution in [-0.4, -0.2) is 65.3 Å². The van der Waals surface area contributed by atoms with Gasteiger partial charge in [0, 0.05) is 25.8 Å². The molecule has 0 saturated heterocycles. The number of benzene rings is 1. The lowest BCUT2D eigenvalue weighted by Gasteiger charge is -2.32. The van der Waals surface area contributed by atoms with E-state index in [1.165, 1.54) is 6.42 Å². The maximum absolute atomic E-state index is 13.1. The molecule has 2 saturated carbocycles. The van der Waals surface area contributed by atoms with Gasteiger partial charge < -0.3 is 31.9 Å². The van der Waals surface area contributed by atoms with E-state index in [1.807, 2.05) is 30.3 Å². The highest BCUT2D eigenvalue weighted by molar-refractivity contribution is 5.88. The molecule has 3 rings (SSSR count). The van der Waals surface area contributed by atoms with Gasteiger partial charge in [0.15, 0.2) is 0 Å². The van der Waals surface area contributed by atoms with Crippen molar-refractivity contribution in [2.45, 2.75) is 114 Å². The first kappa shape index (κ1) is 32.0. The van der Waals surface area contributed by atoms with Crippen molar-refractivity contribution >= 4 is 17.7 Å². The second kappa shape index (κ2) is 17.4. The molecule has 2 aliphatic rings. The molecule has 0 unspecified atom stereocenters. The van der Waals surface area contributed by atoms with Crippen LogP contribution < -0.4 is 21.7 Å². The zero-order valence-corrected chi connectivity index (χ0v) is 23.9. The number of hydrogen-bond acceptors (Lipinski definition) is 6. The Balaban J connectivity index is 1.51. The molecule has 0 radical (unpaired) electrons. The molecule has 9 heteroatoms. The molecule has 2 fully saturated rings. The van der Waals surface area contributed by atoms with E-state index < -0.39 is 24.3 Å². The fraction of sp³-hybridized carbons (Fsp3) is 0.710. The summed E-state index contributed by atoms with van der Waals surface area (Å²) in [5.41, 5.74) is 6.45. The van der Waals surface area contributed by atoms with E-state index in [0.717, 1.165) is 56.9 Å². The van der Waals surface area contributed by atoms with Crippen LogP contribution in [0, 0.1) is 11.8 Å². The van der Waals surface area contributed by atoms with Crippen LogP contribution in [0.4, 0.5) is 0 Å². The van der Waals surface area contributed by atoms with Gasteiger partial charge in [-0.15, -0.1) is 0 Å². The number of unbranched alkanes of at least 4 members (excludes halogenated alkanes) is 2. The molecule has 0 bridgehead atoms. The third-order valence-electron chi connectivity index (χ3n) is 8.22. The number of nitrogens with two attached hydrogens (primary N) is 1. The number of nitrogens with one attached hydrogen (secondary N) is 3. The first-order valence-corrected chi connectivity index (χ1v) is 15.3. The van der Waals surface area contributed by atoms with E-state index in [0.29, 0.717) is 38.1 Å². The summed E-state index contributed by atoms with van der Waals surface area (Å²) in [6.45, 7) is 0.704. The van der Waals surface area contributed by atoms with Gasteiger partial charge in [0.2, 0.25) is 17.7 Å². The van der Waals surface area contributed by atoms with Gasteiger partial charge in [-0.05, 0) is 56.0 Å². The molecule has 0 aromatic heterocycles. The normalized spacial score (nSPS) is 18.8. The lowest BCUT2D eigenvalue weighted by atomic mass is 9.82. The van der Waals surface area contributed by atoms with Gasteiger partial charge in [-0.2, -0.15) is 0 Å². The Morgan fingerprint density at radius 2 is 1.57 bits per heavy atom. The Kier molecular flexibility index (Phi) is 13.9. The molecule has 0 spiro atoms. The molecular weight excluding hydrogens is 508 g/mol. The van der Waals surface area contributed by atoms with Crippen molar-refractivity contribution in [2.24, 2.45) is 17.6 Å². The van der Waals surface area contributed by atoms with Gasteiger partial charge in [-0.25, -0.2) is 0 Å². The number of hydrogen-bond donors (Lipinski definition) is 6. The quantitative estimate of drug-likeness (QED) is 0.152. The standard InChI is InChI=1S/C31H50N4O5/c32-18-9-3-8-14-27(36)35-26(21-23-12-6-2-7-13-23)31(40)33-19-17-28(37)34-25(20-22-10-4-1-5-11-22)30(39)29(38)24-15-16-24/h2,6-7,12-13,22,24-26,29-30,38-39H,1,3-5,8-11,14-21,32H2,(H,33,40)(H,34,37)(H,35,36)/t25-,26-,29-,30+/m0/s1. The fourth-order valence-corrected chi connectivity index (χ4v) is 5.65. The Labute approximate surface area is 239 Å². The van der Waals surface area contributed by atoms with Crippen LogP contribution in [0.1, 0.15) is 89.0 Å². The predicted molar refractivity (Wildman–Crippen MR) is 155 cm³/mol. The van der Waals surface area contributed by atoms with E-state index in [1.54, 1.807) is 0 Å². The number of aliphatic hydroxyl groups is 2. The molecule has 3 amide bonds. The van der Waals surface area contributed by atoms with E-state index in [-0.39, 0.29) is 36.6 Å². The third-order valence-corrected chi connectivity index (χ3v) is 8.22. The van der Waals surface area contributed by atoms with Crippen molar-refractivity contribution < 1.29 is 24.6 Å². The second-order valence-corrected chi connectivity index (χ2v) is 11.7. The van der Waals surface area contributed by atoms with Crippen molar-refractivity contribution in [1.82, 2.24) is 16.0 Å². The lowest BCUT2D eigenvalue weighted by Crippen LogP contribution is -2.51. The maximum atomic E-state index is 13.1. The topological polar surface area (TPSA) is 154 Å². The molecular formula is C31H50N4O5. The summed E-state index contributed by atoms with van der Waals surface area (Å²) >= 11 is 0. The summed E-state index contributed by atoms with van der Waals surface area (Å²) in [6.07, 6.45) is 9.51. The predicted octanol–water partition coefficient (Wildman–Crippen LogP) is 2.33. The molecule has 4 atom stereocenters. The number of rotatable bonds is 18. The minimum atomic E-state index is -0.997. The molecule has 9 nitrogen and oxygen atoms in total.